The smallest absolute Gasteiger partial charge is 0.189 e. The standard InChI is InChI=1S/C17H23ClN6.HI/c1-12-7-8-13(16(22-12)24-11-14(18)10-21-24)9-20-17(19)23-15-5-3-2-4-6-15;/h7-8,10-11,15H,2-6,9H2,1H3,(H3,19,20,23);1H. The number of rotatable bonds is 4. The van der Waals surface area contributed by atoms with Crippen molar-refractivity contribution in [2.24, 2.45) is 10.7 Å². The highest BCUT2D eigenvalue weighted by molar-refractivity contribution is 14.0. The first-order valence-electron chi connectivity index (χ1n) is 8.35. The maximum Gasteiger partial charge on any atom is 0.189 e. The van der Waals surface area contributed by atoms with Gasteiger partial charge in [-0.25, -0.2) is 14.7 Å². The predicted octanol–water partition coefficient (Wildman–Crippen LogP) is 3.58. The molecule has 2 heterocycles. The summed E-state index contributed by atoms with van der Waals surface area (Å²) in [6.07, 6.45) is 9.50. The molecule has 0 amide bonds. The first kappa shape index (κ1) is 20.0. The molecule has 25 heavy (non-hydrogen) atoms. The van der Waals surface area contributed by atoms with Crippen molar-refractivity contribution in [3.05, 3.63) is 40.8 Å². The normalized spacial score (nSPS) is 15.7. The number of nitrogens with one attached hydrogen (secondary N) is 1. The second-order valence-corrected chi connectivity index (χ2v) is 6.66. The minimum Gasteiger partial charge on any atom is -0.370 e. The molecule has 2 aromatic heterocycles. The molecule has 0 bridgehead atoms. The third kappa shape index (κ3) is 5.57. The summed E-state index contributed by atoms with van der Waals surface area (Å²) in [5.41, 5.74) is 7.92. The third-order valence-corrected chi connectivity index (χ3v) is 4.44. The number of nitrogens with zero attached hydrogens (tertiary/aromatic N) is 4. The van der Waals surface area contributed by atoms with Gasteiger partial charge in [0.1, 0.15) is 0 Å². The number of aryl methyl sites for hydroxylation is 1. The number of halogens is 2. The molecule has 0 unspecified atom stereocenters. The Morgan fingerprint density at radius 2 is 2.12 bits per heavy atom. The maximum atomic E-state index is 6.05. The molecule has 0 spiro atoms. The summed E-state index contributed by atoms with van der Waals surface area (Å²) in [4.78, 5) is 9.04. The molecule has 1 aliphatic carbocycles. The highest BCUT2D eigenvalue weighted by Gasteiger charge is 2.14. The van der Waals surface area contributed by atoms with Gasteiger partial charge < -0.3 is 11.1 Å². The molecule has 0 radical (unpaired) electrons. The van der Waals surface area contributed by atoms with Crippen LogP contribution in [-0.2, 0) is 6.54 Å². The topological polar surface area (TPSA) is 81.1 Å². The Kier molecular flexibility index (Phi) is 7.49. The fraction of sp³-hybridized carbons (Fsp3) is 0.471. The number of hydrogen-bond donors (Lipinski definition) is 2. The van der Waals surface area contributed by atoms with Gasteiger partial charge in [-0.1, -0.05) is 36.9 Å². The van der Waals surface area contributed by atoms with Gasteiger partial charge in [0.15, 0.2) is 11.8 Å². The van der Waals surface area contributed by atoms with Crippen LogP contribution in [0.2, 0.25) is 5.02 Å². The summed E-state index contributed by atoms with van der Waals surface area (Å²) in [5, 5.41) is 8.14. The van der Waals surface area contributed by atoms with Crippen molar-refractivity contribution >= 4 is 41.5 Å². The van der Waals surface area contributed by atoms with Crippen LogP contribution in [-0.4, -0.2) is 26.8 Å². The molecule has 8 heteroatoms. The molecule has 0 aromatic carbocycles. The summed E-state index contributed by atoms with van der Waals surface area (Å²) in [6, 6.07) is 4.41. The Morgan fingerprint density at radius 1 is 1.36 bits per heavy atom. The van der Waals surface area contributed by atoms with E-state index in [4.69, 9.17) is 17.3 Å². The van der Waals surface area contributed by atoms with Gasteiger partial charge in [-0.05, 0) is 25.8 Å². The van der Waals surface area contributed by atoms with Crippen molar-refractivity contribution in [1.29, 1.82) is 0 Å². The van der Waals surface area contributed by atoms with E-state index in [1.165, 1.54) is 32.1 Å². The minimum atomic E-state index is 0. The number of hydrogen-bond acceptors (Lipinski definition) is 3. The van der Waals surface area contributed by atoms with Crippen LogP contribution in [0.4, 0.5) is 0 Å². The molecule has 0 atom stereocenters. The van der Waals surface area contributed by atoms with Crippen LogP contribution in [0.25, 0.3) is 5.82 Å². The van der Waals surface area contributed by atoms with Gasteiger partial charge in [0.05, 0.1) is 24.0 Å². The van der Waals surface area contributed by atoms with E-state index in [0.29, 0.717) is 23.6 Å². The van der Waals surface area contributed by atoms with Crippen molar-refractivity contribution in [3.8, 4) is 5.82 Å². The van der Waals surface area contributed by atoms with Crippen LogP contribution in [0.15, 0.2) is 29.5 Å². The van der Waals surface area contributed by atoms with Gasteiger partial charge in [-0.3, -0.25) is 0 Å². The van der Waals surface area contributed by atoms with Gasteiger partial charge >= 0.3 is 0 Å². The van der Waals surface area contributed by atoms with Crippen molar-refractivity contribution in [2.45, 2.75) is 51.6 Å². The van der Waals surface area contributed by atoms with Crippen LogP contribution in [0.1, 0.15) is 43.4 Å². The molecule has 2 aromatic rings. The number of nitrogens with two attached hydrogens (primary N) is 1. The van der Waals surface area contributed by atoms with Crippen LogP contribution < -0.4 is 11.1 Å². The quantitative estimate of drug-likeness (QED) is 0.403. The largest absolute Gasteiger partial charge is 0.370 e. The second-order valence-electron chi connectivity index (χ2n) is 6.22. The molecule has 136 valence electrons. The average molecular weight is 475 g/mol. The number of guanidine groups is 1. The van der Waals surface area contributed by atoms with E-state index in [2.05, 4.69) is 20.4 Å². The molecule has 1 fully saturated rings. The van der Waals surface area contributed by atoms with Crippen molar-refractivity contribution in [2.75, 3.05) is 0 Å². The van der Waals surface area contributed by atoms with Gasteiger partial charge in [0.25, 0.3) is 0 Å². The van der Waals surface area contributed by atoms with E-state index >= 15 is 0 Å². The molecular formula is C17H24ClIN6. The Balaban J connectivity index is 0.00000225. The van der Waals surface area contributed by atoms with Gasteiger partial charge in [-0.15, -0.1) is 24.0 Å². The predicted molar refractivity (Wildman–Crippen MR) is 112 cm³/mol. The van der Waals surface area contributed by atoms with Crippen LogP contribution in [0.3, 0.4) is 0 Å². The Morgan fingerprint density at radius 3 is 2.80 bits per heavy atom. The molecule has 1 aliphatic rings. The lowest BCUT2D eigenvalue weighted by Gasteiger charge is -2.23. The van der Waals surface area contributed by atoms with E-state index < -0.39 is 0 Å². The molecule has 6 nitrogen and oxygen atoms in total. The molecule has 0 aliphatic heterocycles. The minimum absolute atomic E-state index is 0. The van der Waals surface area contributed by atoms with Crippen LogP contribution >= 0.6 is 35.6 Å². The summed E-state index contributed by atoms with van der Waals surface area (Å²) in [5.74, 6) is 1.23. The fourth-order valence-corrected chi connectivity index (χ4v) is 3.12. The summed E-state index contributed by atoms with van der Waals surface area (Å²) in [7, 11) is 0. The van der Waals surface area contributed by atoms with Crippen molar-refractivity contribution in [3.63, 3.8) is 0 Å². The summed E-state index contributed by atoms with van der Waals surface area (Å²) >= 11 is 5.97. The SMILES string of the molecule is Cc1ccc(CN=C(N)NC2CCCCC2)c(-n2cc(Cl)cn2)n1.I. The highest BCUT2D eigenvalue weighted by atomic mass is 127. The average Bonchev–Trinajstić information content (AvgIpc) is 3.01. The molecule has 3 rings (SSSR count). The van der Waals surface area contributed by atoms with Gasteiger partial charge in [0, 0.05) is 17.3 Å². The van der Waals surface area contributed by atoms with E-state index in [9.17, 15) is 0 Å². The third-order valence-electron chi connectivity index (χ3n) is 4.24. The number of aromatic nitrogens is 3. The molecule has 1 saturated carbocycles. The number of aliphatic imine (C=N–C) groups is 1. The maximum absolute atomic E-state index is 6.05. The number of pyridine rings is 1. The van der Waals surface area contributed by atoms with Crippen molar-refractivity contribution in [1.82, 2.24) is 20.1 Å². The van der Waals surface area contributed by atoms with Crippen LogP contribution in [0.5, 0.6) is 0 Å². The fourth-order valence-electron chi connectivity index (χ4n) is 2.98. The van der Waals surface area contributed by atoms with Gasteiger partial charge in [0.2, 0.25) is 0 Å². The first-order valence-corrected chi connectivity index (χ1v) is 8.73. The Bertz CT molecular complexity index is 724. The van der Waals surface area contributed by atoms with E-state index in [1.807, 2.05) is 19.1 Å². The molecular weight excluding hydrogens is 451 g/mol. The first-order chi connectivity index (χ1) is 11.6. The highest BCUT2D eigenvalue weighted by Crippen LogP contribution is 2.18. The molecule has 3 N–H and O–H groups in total. The van der Waals surface area contributed by atoms with Crippen LogP contribution in [0, 0.1) is 6.92 Å². The molecule has 0 saturated heterocycles. The van der Waals surface area contributed by atoms with E-state index in [-0.39, 0.29) is 24.0 Å². The van der Waals surface area contributed by atoms with Crippen molar-refractivity contribution < 1.29 is 0 Å². The monoisotopic (exact) mass is 474 g/mol. The zero-order chi connectivity index (χ0) is 16.9. The van der Waals surface area contributed by atoms with E-state index in [0.717, 1.165) is 17.1 Å². The summed E-state index contributed by atoms with van der Waals surface area (Å²) < 4.78 is 1.67. The Labute approximate surface area is 170 Å². The lowest BCUT2D eigenvalue weighted by molar-refractivity contribution is 0.412. The zero-order valence-corrected chi connectivity index (χ0v) is 17.4. The summed E-state index contributed by atoms with van der Waals surface area (Å²) in [6.45, 7) is 2.40. The Hall–Kier alpha value is -1.35. The van der Waals surface area contributed by atoms with Gasteiger partial charge in [-0.2, -0.15) is 5.10 Å². The zero-order valence-electron chi connectivity index (χ0n) is 14.3. The lowest BCUT2D eigenvalue weighted by atomic mass is 9.96. The second kappa shape index (κ2) is 9.38. The van der Waals surface area contributed by atoms with E-state index in [1.54, 1.807) is 17.1 Å². The lowest BCUT2D eigenvalue weighted by Crippen LogP contribution is -2.41.